The molecule has 7 heteroatoms. The average Bonchev–Trinajstić information content (AvgIpc) is 3.33. The molecule has 1 aliphatic heterocycles. The summed E-state index contributed by atoms with van der Waals surface area (Å²) in [5.41, 5.74) is 3.52. The molecule has 0 saturated heterocycles. The van der Waals surface area contributed by atoms with Crippen molar-refractivity contribution in [3.8, 4) is 17.2 Å². The quantitative estimate of drug-likeness (QED) is 0.689. The number of fused-ring (bicyclic) bond motifs is 2. The highest BCUT2D eigenvalue weighted by molar-refractivity contribution is 5.79. The topological polar surface area (TPSA) is 65.4 Å². The molecular weight excluding hydrogens is 397 g/mol. The zero-order chi connectivity index (χ0) is 21.6. The van der Waals surface area contributed by atoms with Gasteiger partial charge in [-0.05, 0) is 54.2 Å². The van der Waals surface area contributed by atoms with E-state index >= 15 is 0 Å². The molecule has 160 valence electrons. The van der Waals surface area contributed by atoms with Gasteiger partial charge in [0.1, 0.15) is 5.82 Å². The Labute approximate surface area is 180 Å². The molecular formula is C24H24FN3O3. The summed E-state index contributed by atoms with van der Waals surface area (Å²) in [5, 5.41) is 7.71. The highest BCUT2D eigenvalue weighted by atomic mass is 19.1. The molecule has 2 aromatic carbocycles. The van der Waals surface area contributed by atoms with Crippen molar-refractivity contribution in [3.05, 3.63) is 71.3 Å². The van der Waals surface area contributed by atoms with Crippen molar-refractivity contribution in [2.24, 2.45) is 5.41 Å². The number of rotatable bonds is 4. The maximum atomic E-state index is 13.8. The summed E-state index contributed by atoms with van der Waals surface area (Å²) >= 11 is 0. The number of aromatic nitrogens is 2. The molecule has 1 aromatic heterocycles. The Morgan fingerprint density at radius 1 is 1.23 bits per heavy atom. The Morgan fingerprint density at radius 3 is 2.90 bits per heavy atom. The first-order valence-electron chi connectivity index (χ1n) is 10.4. The van der Waals surface area contributed by atoms with Gasteiger partial charge in [-0.25, -0.2) is 9.07 Å². The molecule has 2 heterocycles. The standard InChI is InChI=1S/C24H24FN3O3/c1-24(2)11-19(27-23(29)9-15-6-7-21-22(8-15)31-14-30-21)18-13-26-28(20(18)12-24)17-5-3-4-16(25)10-17/h3-8,10,13,19H,9,11-12,14H2,1-2H3,(H,27,29)/t19-/m0/s1. The third-order valence-corrected chi connectivity index (χ3v) is 5.87. The smallest absolute Gasteiger partial charge is 0.231 e. The first-order valence-corrected chi connectivity index (χ1v) is 10.4. The van der Waals surface area contributed by atoms with Gasteiger partial charge >= 0.3 is 0 Å². The second-order valence-corrected chi connectivity index (χ2v) is 8.97. The zero-order valence-corrected chi connectivity index (χ0v) is 17.5. The van der Waals surface area contributed by atoms with E-state index < -0.39 is 0 Å². The van der Waals surface area contributed by atoms with Crippen molar-refractivity contribution < 1.29 is 18.7 Å². The van der Waals surface area contributed by atoms with Crippen LogP contribution < -0.4 is 14.8 Å². The van der Waals surface area contributed by atoms with Crippen LogP contribution in [0.4, 0.5) is 4.39 Å². The zero-order valence-electron chi connectivity index (χ0n) is 17.5. The lowest BCUT2D eigenvalue weighted by Crippen LogP contribution is -2.37. The Bertz CT molecular complexity index is 1150. The fourth-order valence-corrected chi connectivity index (χ4v) is 4.48. The lowest BCUT2D eigenvalue weighted by atomic mass is 9.74. The molecule has 3 aromatic rings. The van der Waals surface area contributed by atoms with E-state index in [9.17, 15) is 9.18 Å². The molecule has 0 saturated carbocycles. The van der Waals surface area contributed by atoms with Crippen molar-refractivity contribution in [3.63, 3.8) is 0 Å². The third kappa shape index (κ3) is 3.87. The van der Waals surface area contributed by atoms with Crippen LogP contribution >= 0.6 is 0 Å². The molecule has 0 spiro atoms. The number of amides is 1. The summed E-state index contributed by atoms with van der Waals surface area (Å²) in [4.78, 5) is 12.9. The van der Waals surface area contributed by atoms with Gasteiger partial charge in [0.15, 0.2) is 11.5 Å². The maximum Gasteiger partial charge on any atom is 0.231 e. The predicted molar refractivity (Wildman–Crippen MR) is 113 cm³/mol. The van der Waals surface area contributed by atoms with E-state index in [1.54, 1.807) is 16.9 Å². The normalized spacial score (nSPS) is 18.5. The molecule has 0 fully saturated rings. The summed E-state index contributed by atoms with van der Waals surface area (Å²) in [6, 6.07) is 11.8. The van der Waals surface area contributed by atoms with E-state index in [0.717, 1.165) is 29.7 Å². The second kappa shape index (κ2) is 7.41. The Hall–Kier alpha value is -3.35. The van der Waals surface area contributed by atoms with Gasteiger partial charge in [-0.15, -0.1) is 0 Å². The summed E-state index contributed by atoms with van der Waals surface area (Å²) < 4.78 is 26.3. The minimum Gasteiger partial charge on any atom is -0.454 e. The van der Waals surface area contributed by atoms with Crippen LogP contribution in [-0.2, 0) is 17.6 Å². The summed E-state index contributed by atoms with van der Waals surface area (Å²) in [7, 11) is 0. The van der Waals surface area contributed by atoms with Crippen LogP contribution in [0.15, 0.2) is 48.7 Å². The lowest BCUT2D eigenvalue weighted by molar-refractivity contribution is -0.121. The predicted octanol–water partition coefficient (Wildman–Crippen LogP) is 4.11. The molecule has 1 N–H and O–H groups in total. The van der Waals surface area contributed by atoms with Gasteiger partial charge in [-0.3, -0.25) is 4.79 Å². The summed E-state index contributed by atoms with van der Waals surface area (Å²) in [6.45, 7) is 4.56. The SMILES string of the molecule is CC1(C)Cc2c(cnn2-c2cccc(F)c2)[C@@H](NC(=O)Cc2ccc3c(c2)OCO3)C1. The van der Waals surface area contributed by atoms with Crippen molar-refractivity contribution in [2.45, 2.75) is 39.2 Å². The van der Waals surface area contributed by atoms with E-state index in [1.807, 2.05) is 24.3 Å². The molecule has 1 atom stereocenters. The summed E-state index contributed by atoms with van der Waals surface area (Å²) in [5.74, 6) is 1.01. The molecule has 5 rings (SSSR count). The number of benzene rings is 2. The largest absolute Gasteiger partial charge is 0.454 e. The van der Waals surface area contributed by atoms with Gasteiger partial charge < -0.3 is 14.8 Å². The molecule has 1 amide bonds. The lowest BCUT2D eigenvalue weighted by Gasteiger charge is -2.36. The van der Waals surface area contributed by atoms with Crippen LogP contribution in [0, 0.1) is 11.2 Å². The average molecular weight is 421 g/mol. The second-order valence-electron chi connectivity index (χ2n) is 8.97. The van der Waals surface area contributed by atoms with Crippen molar-refractivity contribution >= 4 is 5.91 Å². The number of hydrogen-bond acceptors (Lipinski definition) is 4. The number of carbonyl (C=O) groups excluding carboxylic acids is 1. The van der Waals surface area contributed by atoms with E-state index in [2.05, 4.69) is 24.3 Å². The van der Waals surface area contributed by atoms with Crippen LogP contribution in [-0.4, -0.2) is 22.5 Å². The van der Waals surface area contributed by atoms with E-state index in [0.29, 0.717) is 17.2 Å². The van der Waals surface area contributed by atoms with Crippen LogP contribution in [0.2, 0.25) is 0 Å². The molecule has 0 bridgehead atoms. The van der Waals surface area contributed by atoms with E-state index in [-0.39, 0.29) is 36.4 Å². The fraction of sp³-hybridized carbons (Fsp3) is 0.333. The first-order chi connectivity index (χ1) is 14.9. The number of carbonyl (C=O) groups is 1. The highest BCUT2D eigenvalue weighted by Gasteiger charge is 2.36. The number of ether oxygens (including phenoxy) is 2. The number of nitrogens with zero attached hydrogens (tertiary/aromatic N) is 2. The maximum absolute atomic E-state index is 13.8. The van der Waals surface area contributed by atoms with Gasteiger partial charge in [0.2, 0.25) is 12.7 Å². The van der Waals surface area contributed by atoms with Crippen LogP contribution in [0.3, 0.4) is 0 Å². The van der Waals surface area contributed by atoms with Crippen molar-refractivity contribution in [1.29, 1.82) is 0 Å². The molecule has 6 nitrogen and oxygen atoms in total. The highest BCUT2D eigenvalue weighted by Crippen LogP contribution is 2.41. The van der Waals surface area contributed by atoms with Crippen molar-refractivity contribution in [1.82, 2.24) is 15.1 Å². The monoisotopic (exact) mass is 421 g/mol. The van der Waals surface area contributed by atoms with Crippen molar-refractivity contribution in [2.75, 3.05) is 6.79 Å². The van der Waals surface area contributed by atoms with Gasteiger partial charge in [-0.2, -0.15) is 5.10 Å². The minimum atomic E-state index is -0.301. The Morgan fingerprint density at radius 2 is 2.06 bits per heavy atom. The molecule has 31 heavy (non-hydrogen) atoms. The number of halogens is 1. The van der Waals surface area contributed by atoms with Gasteiger partial charge in [0.25, 0.3) is 0 Å². The molecule has 0 radical (unpaired) electrons. The van der Waals surface area contributed by atoms with Gasteiger partial charge in [-0.1, -0.05) is 26.0 Å². The van der Waals surface area contributed by atoms with Crippen LogP contribution in [0.25, 0.3) is 5.69 Å². The number of nitrogens with one attached hydrogen (secondary N) is 1. The van der Waals surface area contributed by atoms with E-state index in [1.165, 1.54) is 12.1 Å². The Kier molecular flexibility index (Phi) is 4.68. The first kappa shape index (κ1) is 19.6. The molecule has 0 unspecified atom stereocenters. The summed E-state index contributed by atoms with van der Waals surface area (Å²) in [6.07, 6.45) is 3.65. The van der Waals surface area contributed by atoms with Crippen LogP contribution in [0.5, 0.6) is 11.5 Å². The van der Waals surface area contributed by atoms with E-state index in [4.69, 9.17) is 9.47 Å². The van der Waals surface area contributed by atoms with Crippen LogP contribution in [0.1, 0.15) is 43.1 Å². The molecule has 2 aliphatic rings. The van der Waals surface area contributed by atoms with Gasteiger partial charge in [0, 0.05) is 5.56 Å². The fourth-order valence-electron chi connectivity index (χ4n) is 4.48. The third-order valence-electron chi connectivity index (χ3n) is 5.87. The van der Waals surface area contributed by atoms with Gasteiger partial charge in [0.05, 0.1) is 30.0 Å². The molecule has 1 aliphatic carbocycles. The number of hydrogen-bond donors (Lipinski definition) is 1. The minimum absolute atomic E-state index is 0.0329. The Balaban J connectivity index is 1.38.